The molecule has 0 aliphatic heterocycles. The first kappa shape index (κ1) is 19.5. The second-order valence-electron chi connectivity index (χ2n) is 4.19. The van der Waals surface area contributed by atoms with Gasteiger partial charge in [0, 0.05) is 6.42 Å². The van der Waals surface area contributed by atoms with E-state index in [0.29, 0.717) is 10.2 Å². The van der Waals surface area contributed by atoms with Gasteiger partial charge in [-0.3, -0.25) is 0 Å². The molecule has 0 fully saturated rings. The number of carbonyl (C=O) groups is 3. The number of rotatable bonds is 9. The summed E-state index contributed by atoms with van der Waals surface area (Å²) in [7, 11) is 0.319. The van der Waals surface area contributed by atoms with Gasteiger partial charge in [-0.1, -0.05) is 6.92 Å². The van der Waals surface area contributed by atoms with Gasteiger partial charge in [0.25, 0.3) is 5.79 Å². The predicted molar refractivity (Wildman–Crippen MR) is 70.9 cm³/mol. The van der Waals surface area contributed by atoms with Gasteiger partial charge in [0.15, 0.2) is 0 Å². The zero-order chi connectivity index (χ0) is 16.5. The van der Waals surface area contributed by atoms with E-state index in [2.05, 4.69) is 0 Å². The maximum Gasteiger partial charge on any atom is 0.335 e. The van der Waals surface area contributed by atoms with Crippen LogP contribution in [0.4, 0.5) is 0 Å². The molecule has 0 bridgehead atoms. The van der Waals surface area contributed by atoms with Crippen LogP contribution in [0.3, 0.4) is 0 Å². The van der Waals surface area contributed by atoms with Crippen molar-refractivity contribution < 1.29 is 43.9 Å². The molecule has 0 aromatic rings. The quantitative estimate of drug-likeness (QED) is 0.227. The molecule has 0 aromatic carbocycles. The molecule has 21 heavy (non-hydrogen) atoms. The lowest BCUT2D eigenvalue weighted by molar-refractivity contribution is -0.239. The minimum Gasteiger partial charge on any atom is -0.465 e. The molecular formula is C11H20O9Si. The van der Waals surface area contributed by atoms with Crippen molar-refractivity contribution in [3.63, 3.8) is 0 Å². The zero-order valence-electron chi connectivity index (χ0n) is 11.9. The average Bonchev–Trinajstić information content (AvgIpc) is 2.46. The molecule has 122 valence electrons. The van der Waals surface area contributed by atoms with Crippen LogP contribution in [0.1, 0.15) is 19.8 Å². The van der Waals surface area contributed by atoms with Gasteiger partial charge < -0.3 is 29.5 Å². The molecule has 0 radical (unpaired) electrons. The molecular weight excluding hydrogens is 304 g/mol. The second-order valence-corrected chi connectivity index (χ2v) is 5.48. The summed E-state index contributed by atoms with van der Waals surface area (Å²) in [6.07, 6.45) is -0.126. The van der Waals surface area contributed by atoms with Gasteiger partial charge in [0.05, 0.1) is 22.4 Å². The Morgan fingerprint density at radius 1 is 1.00 bits per heavy atom. The van der Waals surface area contributed by atoms with Crippen LogP contribution in [-0.4, -0.2) is 74.8 Å². The topological polar surface area (TPSA) is 140 Å². The predicted octanol–water partition coefficient (Wildman–Crippen LogP) is -3.22. The van der Waals surface area contributed by atoms with E-state index in [4.69, 9.17) is 29.5 Å². The van der Waals surface area contributed by atoms with Crippen LogP contribution in [-0.2, 0) is 28.6 Å². The fourth-order valence-electron chi connectivity index (χ4n) is 1.61. The van der Waals surface area contributed by atoms with Gasteiger partial charge in [-0.2, -0.15) is 0 Å². The minimum atomic E-state index is -1.75. The molecule has 10 heteroatoms. The Morgan fingerprint density at radius 2 is 1.43 bits per heavy atom. The molecule has 1 atom stereocenters. The van der Waals surface area contributed by atoms with Crippen LogP contribution >= 0.6 is 0 Å². The highest BCUT2D eigenvalue weighted by molar-refractivity contribution is 6.11. The molecule has 9 nitrogen and oxygen atoms in total. The molecule has 0 spiro atoms. The van der Waals surface area contributed by atoms with Crippen LogP contribution < -0.4 is 0 Å². The van der Waals surface area contributed by atoms with E-state index in [9.17, 15) is 14.4 Å². The monoisotopic (exact) mass is 324 g/mol. The molecule has 0 saturated heterocycles. The maximum atomic E-state index is 11.3. The third-order valence-corrected chi connectivity index (χ3v) is 3.10. The Hall–Kier alpha value is -1.49. The van der Waals surface area contributed by atoms with E-state index >= 15 is 0 Å². The largest absolute Gasteiger partial charge is 0.465 e. The summed E-state index contributed by atoms with van der Waals surface area (Å²) >= 11 is 0. The molecule has 0 heterocycles. The van der Waals surface area contributed by atoms with E-state index < -0.39 is 49.2 Å². The first-order chi connectivity index (χ1) is 9.82. The van der Waals surface area contributed by atoms with E-state index in [-0.39, 0.29) is 12.8 Å². The molecule has 0 aliphatic rings. The first-order valence-corrected chi connectivity index (χ1v) is 7.43. The zero-order valence-corrected chi connectivity index (χ0v) is 13.9. The molecule has 3 N–H and O–H groups in total. The number of hydrogen-bond acceptors (Lipinski definition) is 9. The minimum absolute atomic E-state index is 0.0277. The highest BCUT2D eigenvalue weighted by atomic mass is 28.1. The van der Waals surface area contributed by atoms with Crippen LogP contribution in [0.15, 0.2) is 0 Å². The van der Waals surface area contributed by atoms with Gasteiger partial charge in [0.1, 0.15) is 19.8 Å². The van der Waals surface area contributed by atoms with Crippen LogP contribution in [0, 0.1) is 0 Å². The van der Waals surface area contributed by atoms with Crippen molar-refractivity contribution in [2.75, 3.05) is 19.8 Å². The number of carbonyl (C=O) groups excluding carboxylic acids is 3. The summed E-state index contributed by atoms with van der Waals surface area (Å²) in [5.41, 5.74) is -0.706. The van der Waals surface area contributed by atoms with Gasteiger partial charge in [0.2, 0.25) is 0 Å². The Bertz CT molecular complexity index is 353. The molecule has 0 aliphatic carbocycles. The summed E-state index contributed by atoms with van der Waals surface area (Å²) in [6, 6.07) is 0. The summed E-state index contributed by atoms with van der Waals surface area (Å²) in [5, 5.41) is 26.1. The van der Waals surface area contributed by atoms with Crippen molar-refractivity contribution in [3.8, 4) is 0 Å². The third-order valence-electron chi connectivity index (χ3n) is 2.46. The fraction of sp³-hybridized carbons (Fsp3) is 0.727. The van der Waals surface area contributed by atoms with Gasteiger partial charge >= 0.3 is 17.9 Å². The second kappa shape index (κ2) is 9.44. The normalized spacial score (nSPS) is 12.6. The lowest BCUT2D eigenvalue weighted by Crippen LogP contribution is -2.44. The summed E-state index contributed by atoms with van der Waals surface area (Å²) in [4.78, 5) is 33.5. The van der Waals surface area contributed by atoms with E-state index in [1.54, 1.807) is 6.92 Å². The average molecular weight is 324 g/mol. The van der Waals surface area contributed by atoms with E-state index in [1.807, 2.05) is 0 Å². The van der Waals surface area contributed by atoms with Crippen molar-refractivity contribution in [2.24, 2.45) is 0 Å². The Morgan fingerprint density at radius 3 is 1.76 bits per heavy atom. The SMILES string of the molecule is CCC(CC([SiH3])OC(=O)CO)(OC(=O)CO)OC(=O)CO. The van der Waals surface area contributed by atoms with Crippen molar-refractivity contribution in [1.82, 2.24) is 0 Å². The smallest absolute Gasteiger partial charge is 0.335 e. The lowest BCUT2D eigenvalue weighted by atomic mass is 10.1. The lowest BCUT2D eigenvalue weighted by Gasteiger charge is -2.33. The van der Waals surface area contributed by atoms with Gasteiger partial charge in [-0.25, -0.2) is 14.4 Å². The molecule has 0 rings (SSSR count). The maximum absolute atomic E-state index is 11.3. The van der Waals surface area contributed by atoms with E-state index in [0.717, 1.165) is 0 Å². The number of hydrogen-bond donors (Lipinski definition) is 3. The Balaban J connectivity index is 5.02. The highest BCUT2D eigenvalue weighted by Crippen LogP contribution is 2.25. The number of aliphatic hydroxyl groups is 3. The van der Waals surface area contributed by atoms with Crippen LogP contribution in [0.25, 0.3) is 0 Å². The number of esters is 3. The standard InChI is InChI=1S/C11H20O9Si/c1-2-11(19-8(16)5-13,20-9(17)6-14)3-10(21)18-7(15)4-12/h10,12-14H,2-6H2,1,21H3. The Labute approximate surface area is 124 Å². The van der Waals surface area contributed by atoms with Crippen LogP contribution in [0.5, 0.6) is 0 Å². The molecule has 1 unspecified atom stereocenters. The molecule has 0 saturated carbocycles. The van der Waals surface area contributed by atoms with E-state index in [1.165, 1.54) is 0 Å². The van der Waals surface area contributed by atoms with Gasteiger partial charge in [-0.05, 0) is 0 Å². The highest BCUT2D eigenvalue weighted by Gasteiger charge is 2.39. The van der Waals surface area contributed by atoms with Crippen molar-refractivity contribution >= 4 is 28.2 Å². The fourth-order valence-corrected chi connectivity index (χ4v) is 2.50. The van der Waals surface area contributed by atoms with Crippen molar-refractivity contribution in [2.45, 2.75) is 31.3 Å². The first-order valence-electron chi connectivity index (χ1n) is 6.28. The van der Waals surface area contributed by atoms with Crippen LogP contribution in [0.2, 0.25) is 0 Å². The summed E-state index contributed by atoms with van der Waals surface area (Å²) < 4.78 is 14.7. The third kappa shape index (κ3) is 7.18. The molecule has 0 aromatic heterocycles. The number of aliphatic hydroxyl groups excluding tert-OH is 3. The Kier molecular flexibility index (Phi) is 8.77. The summed E-state index contributed by atoms with van der Waals surface area (Å²) in [5.74, 6) is -4.65. The van der Waals surface area contributed by atoms with Gasteiger partial charge in [-0.15, -0.1) is 0 Å². The van der Waals surface area contributed by atoms with Crippen molar-refractivity contribution in [1.29, 1.82) is 0 Å². The molecule has 0 amide bonds. The van der Waals surface area contributed by atoms with Crippen molar-refractivity contribution in [3.05, 3.63) is 0 Å². The number of ether oxygens (including phenoxy) is 3. The summed E-state index contributed by atoms with van der Waals surface area (Å²) in [6.45, 7) is -1.08.